The van der Waals surface area contributed by atoms with Crippen LogP contribution in [0.4, 0.5) is 5.82 Å². The molecule has 2 aromatic carbocycles. The first-order chi connectivity index (χ1) is 20.2. The Morgan fingerprint density at radius 1 is 0.927 bits per heavy atom. The zero-order chi connectivity index (χ0) is 28.0. The van der Waals surface area contributed by atoms with Gasteiger partial charge in [-0.25, -0.2) is 4.98 Å². The lowest BCUT2D eigenvalue weighted by Gasteiger charge is -2.34. The minimum Gasteiger partial charge on any atom is -0.508 e. The average Bonchev–Trinajstić information content (AvgIpc) is 3.64. The molecule has 2 N–H and O–H groups in total. The van der Waals surface area contributed by atoms with Gasteiger partial charge in [0.05, 0.1) is 16.6 Å². The van der Waals surface area contributed by atoms with Gasteiger partial charge in [0, 0.05) is 57.6 Å². The van der Waals surface area contributed by atoms with E-state index in [1.807, 2.05) is 18.3 Å². The molecule has 0 spiro atoms. The van der Waals surface area contributed by atoms with E-state index >= 15 is 0 Å². The fourth-order valence-corrected chi connectivity index (χ4v) is 5.88. The molecule has 2 fully saturated rings. The summed E-state index contributed by atoms with van der Waals surface area (Å²) in [5.74, 6) is 2.49. The molecule has 2 aromatic heterocycles. The van der Waals surface area contributed by atoms with Gasteiger partial charge in [-0.3, -0.25) is 4.99 Å². The summed E-state index contributed by atoms with van der Waals surface area (Å²) in [6.07, 6.45) is 14.9. The number of para-hydroxylation sites is 2. The molecule has 4 aromatic rings. The van der Waals surface area contributed by atoms with Crippen LogP contribution in [0.3, 0.4) is 0 Å². The number of hydrogen-bond acceptors (Lipinski definition) is 6. The van der Waals surface area contributed by atoms with Crippen molar-refractivity contribution in [2.45, 2.75) is 19.8 Å². The highest BCUT2D eigenvalue weighted by Gasteiger charge is 2.26. The molecule has 41 heavy (non-hydrogen) atoms. The van der Waals surface area contributed by atoms with Crippen molar-refractivity contribution in [3.05, 3.63) is 103 Å². The van der Waals surface area contributed by atoms with Crippen molar-refractivity contribution in [1.29, 1.82) is 0 Å². The first-order valence-electron chi connectivity index (χ1n) is 14.8. The number of aromatic hydroxyl groups is 1. The molecule has 1 aliphatic heterocycles. The number of benzene rings is 2. The quantitative estimate of drug-likeness (QED) is 0.200. The highest BCUT2D eigenvalue weighted by molar-refractivity contribution is 5.89. The number of phenols is 1. The van der Waals surface area contributed by atoms with Crippen LogP contribution in [0.5, 0.6) is 5.75 Å². The van der Waals surface area contributed by atoms with Crippen molar-refractivity contribution >= 4 is 28.6 Å². The molecule has 1 aliphatic carbocycles. The molecule has 1 saturated heterocycles. The number of aryl methyl sites for hydroxylation is 1. The van der Waals surface area contributed by atoms with Gasteiger partial charge in [-0.2, -0.15) is 0 Å². The number of nitrogens with zero attached hydrogens (tertiary/aromatic N) is 5. The number of anilines is 1. The third-order valence-corrected chi connectivity index (χ3v) is 8.05. The maximum atomic E-state index is 9.38. The second-order valence-corrected chi connectivity index (χ2v) is 11.0. The van der Waals surface area contributed by atoms with E-state index in [0.29, 0.717) is 0 Å². The Kier molecular flexibility index (Phi) is 8.82. The molecule has 0 amide bonds. The number of aliphatic imine (C=N–C) groups is 1. The predicted octanol–water partition coefficient (Wildman–Crippen LogP) is 5.18. The van der Waals surface area contributed by atoms with Crippen molar-refractivity contribution in [2.75, 3.05) is 57.7 Å². The highest BCUT2D eigenvalue weighted by Crippen LogP contribution is 2.39. The van der Waals surface area contributed by atoms with Gasteiger partial charge < -0.3 is 24.6 Å². The molecule has 5 radical (unpaired) electrons. The predicted molar refractivity (Wildman–Crippen MR) is 168 cm³/mol. The van der Waals surface area contributed by atoms with Gasteiger partial charge >= 0.3 is 0 Å². The summed E-state index contributed by atoms with van der Waals surface area (Å²) < 4.78 is 2.31. The SMILES string of the molecule is Cc1cn2c(c(NCCCN3CCN(CCCN=Cc4ccc(O)cc4)CC3)nc3ccccc32)c1[C]1[CH][CH][CH][CH]1. The zero-order valence-electron chi connectivity index (χ0n) is 23.8. The van der Waals surface area contributed by atoms with E-state index < -0.39 is 0 Å². The van der Waals surface area contributed by atoms with Crippen molar-refractivity contribution in [2.24, 2.45) is 4.99 Å². The lowest BCUT2D eigenvalue weighted by molar-refractivity contribution is 0.132. The Bertz CT molecular complexity index is 1460. The Hall–Kier alpha value is -3.42. The van der Waals surface area contributed by atoms with Gasteiger partial charge in [0.1, 0.15) is 5.75 Å². The Morgan fingerprint density at radius 2 is 1.63 bits per heavy atom. The Labute approximate surface area is 243 Å². The van der Waals surface area contributed by atoms with E-state index in [0.717, 1.165) is 93.1 Å². The van der Waals surface area contributed by atoms with Crippen molar-refractivity contribution < 1.29 is 5.11 Å². The molecule has 2 aliphatic rings. The monoisotopic (exact) mass is 547 g/mol. The molecule has 6 rings (SSSR count). The topological polar surface area (TPSA) is 68.4 Å². The van der Waals surface area contributed by atoms with Crippen LogP contribution in [-0.2, 0) is 0 Å². The van der Waals surface area contributed by atoms with Crippen LogP contribution >= 0.6 is 0 Å². The molecule has 7 heteroatoms. The second kappa shape index (κ2) is 13.0. The molecule has 1 saturated carbocycles. The first kappa shape index (κ1) is 27.7. The minimum atomic E-state index is 0.288. The van der Waals surface area contributed by atoms with Crippen LogP contribution in [0.2, 0.25) is 0 Å². The molecular formula is C34H39N6O. The van der Waals surface area contributed by atoms with Crippen LogP contribution in [0.1, 0.15) is 29.5 Å². The van der Waals surface area contributed by atoms with E-state index in [-0.39, 0.29) is 5.75 Å². The summed E-state index contributed by atoms with van der Waals surface area (Å²) in [5, 5.41) is 13.1. The molecule has 211 valence electrons. The summed E-state index contributed by atoms with van der Waals surface area (Å²) in [7, 11) is 0. The summed E-state index contributed by atoms with van der Waals surface area (Å²) in [4.78, 5) is 14.8. The average molecular weight is 548 g/mol. The van der Waals surface area contributed by atoms with Crippen molar-refractivity contribution in [1.82, 2.24) is 19.2 Å². The number of piperazine rings is 1. The number of rotatable bonds is 11. The van der Waals surface area contributed by atoms with E-state index in [4.69, 9.17) is 4.98 Å². The highest BCUT2D eigenvalue weighted by atomic mass is 16.3. The third-order valence-electron chi connectivity index (χ3n) is 8.05. The number of fused-ring (bicyclic) bond motifs is 3. The van der Waals surface area contributed by atoms with Crippen LogP contribution < -0.4 is 5.32 Å². The third kappa shape index (κ3) is 6.57. The van der Waals surface area contributed by atoms with E-state index in [2.05, 4.69) is 87.6 Å². The molecule has 0 unspecified atom stereocenters. The normalized spacial score (nSPS) is 17.4. The number of nitrogens with one attached hydrogen (secondary N) is 1. The Balaban J connectivity index is 0.979. The molecule has 3 heterocycles. The maximum absolute atomic E-state index is 9.38. The van der Waals surface area contributed by atoms with Gasteiger partial charge in [-0.15, -0.1) is 0 Å². The van der Waals surface area contributed by atoms with Crippen LogP contribution in [0.25, 0.3) is 16.6 Å². The van der Waals surface area contributed by atoms with Gasteiger partial charge in [0.15, 0.2) is 5.82 Å². The Morgan fingerprint density at radius 3 is 2.39 bits per heavy atom. The van der Waals surface area contributed by atoms with Crippen LogP contribution in [-0.4, -0.2) is 82.9 Å². The van der Waals surface area contributed by atoms with E-state index in [1.165, 1.54) is 17.0 Å². The van der Waals surface area contributed by atoms with Gasteiger partial charge in [0.25, 0.3) is 0 Å². The lowest BCUT2D eigenvalue weighted by atomic mass is 9.95. The van der Waals surface area contributed by atoms with Crippen LogP contribution in [0.15, 0.2) is 59.7 Å². The fourth-order valence-electron chi connectivity index (χ4n) is 5.88. The number of phenolic OH excluding ortho intramolecular Hbond substituents is 1. The van der Waals surface area contributed by atoms with Gasteiger partial charge in [-0.05, 0) is 112 Å². The molecule has 0 atom stereocenters. The summed E-state index contributed by atoms with van der Waals surface area (Å²) in [5.41, 5.74) is 6.85. The first-order valence-corrected chi connectivity index (χ1v) is 14.8. The summed E-state index contributed by atoms with van der Waals surface area (Å²) in [6, 6.07) is 15.6. The zero-order valence-corrected chi connectivity index (χ0v) is 23.8. The van der Waals surface area contributed by atoms with E-state index in [1.54, 1.807) is 12.1 Å². The van der Waals surface area contributed by atoms with Gasteiger partial charge in [0.2, 0.25) is 0 Å². The standard InChI is InChI=1S/C34H39N6O/c1-26-25-40-31-11-5-4-10-30(31)37-34(33(40)32(26)28-8-2-3-9-28)36-17-7-19-39-22-20-38(21-23-39)18-6-16-35-24-27-12-14-29(41)15-13-27/h2-5,8-15,24-25,41H,6-7,16-23H2,1H3,(H,36,37). The minimum absolute atomic E-state index is 0.288. The summed E-state index contributed by atoms with van der Waals surface area (Å²) >= 11 is 0. The molecule has 7 nitrogen and oxygen atoms in total. The molecule has 0 bridgehead atoms. The fraction of sp³-hybridized carbons (Fsp3) is 0.324. The lowest BCUT2D eigenvalue weighted by Crippen LogP contribution is -2.47. The van der Waals surface area contributed by atoms with Crippen LogP contribution in [0, 0.1) is 38.5 Å². The largest absolute Gasteiger partial charge is 0.508 e. The number of hydrogen-bond donors (Lipinski definition) is 2. The van der Waals surface area contributed by atoms with Crippen molar-refractivity contribution in [3.8, 4) is 5.75 Å². The maximum Gasteiger partial charge on any atom is 0.151 e. The summed E-state index contributed by atoms with van der Waals surface area (Å²) in [6.45, 7) is 10.6. The smallest absolute Gasteiger partial charge is 0.151 e. The molecular weight excluding hydrogens is 508 g/mol. The van der Waals surface area contributed by atoms with E-state index in [9.17, 15) is 5.11 Å². The number of aromatic nitrogens is 2. The van der Waals surface area contributed by atoms with Gasteiger partial charge in [-0.1, -0.05) is 12.1 Å². The van der Waals surface area contributed by atoms with Crippen molar-refractivity contribution in [3.63, 3.8) is 0 Å². The second-order valence-electron chi connectivity index (χ2n) is 11.0.